The van der Waals surface area contributed by atoms with E-state index in [1.165, 1.54) is 50.1 Å². The number of rotatable bonds is 7. The van der Waals surface area contributed by atoms with Crippen molar-refractivity contribution < 1.29 is 0 Å². The van der Waals surface area contributed by atoms with Crippen molar-refractivity contribution >= 4 is 11.1 Å². The van der Waals surface area contributed by atoms with Crippen LogP contribution >= 0.6 is 0 Å². The third-order valence-electron chi connectivity index (χ3n) is 12.6. The third kappa shape index (κ3) is 6.13. The van der Waals surface area contributed by atoms with Gasteiger partial charge >= 0.3 is 0 Å². The molecule has 1 aromatic heterocycles. The van der Waals surface area contributed by atoms with E-state index in [1.807, 2.05) is 0 Å². The molecule has 272 valence electrons. The molecule has 0 N–H and O–H groups in total. The topological polar surface area (TPSA) is 25.8 Å². The lowest BCUT2D eigenvalue weighted by Gasteiger charge is -2.33. The van der Waals surface area contributed by atoms with Crippen molar-refractivity contribution in [3.63, 3.8) is 0 Å². The van der Waals surface area contributed by atoms with Crippen molar-refractivity contribution in [2.75, 3.05) is 0 Å². The first-order valence-corrected chi connectivity index (χ1v) is 20.4. The molecule has 0 radical (unpaired) electrons. The van der Waals surface area contributed by atoms with Gasteiger partial charge in [-0.25, -0.2) is 9.97 Å². The number of hydrogen-bond acceptors (Lipinski definition) is 2. The fraction of sp³-hybridized carbons (Fsp3) is 0.127. The highest BCUT2D eigenvalue weighted by molar-refractivity contribution is 5.95. The summed E-state index contributed by atoms with van der Waals surface area (Å²) >= 11 is 0. The number of benzene rings is 5. The minimum Gasteiger partial charge on any atom is -0.228 e. The monoisotopic (exact) mass is 730 g/mol. The minimum atomic E-state index is 0.320. The molecule has 57 heavy (non-hydrogen) atoms. The number of aromatic nitrogens is 2. The Hall–Kier alpha value is -6.64. The molecule has 0 aliphatic heterocycles. The van der Waals surface area contributed by atoms with Gasteiger partial charge < -0.3 is 0 Å². The molecule has 11 rings (SSSR count). The van der Waals surface area contributed by atoms with Crippen LogP contribution in [0.4, 0.5) is 0 Å². The normalized spacial score (nSPS) is 21.2. The first kappa shape index (κ1) is 33.7. The molecule has 4 unspecified atom stereocenters. The van der Waals surface area contributed by atoms with E-state index in [4.69, 9.17) is 9.97 Å². The van der Waals surface area contributed by atoms with Crippen LogP contribution in [0.15, 0.2) is 200 Å². The summed E-state index contributed by atoms with van der Waals surface area (Å²) in [4.78, 5) is 10.4. The Labute approximate surface area is 335 Å². The minimum absolute atomic E-state index is 0.320. The maximum atomic E-state index is 5.24. The first-order chi connectivity index (χ1) is 28.2. The summed E-state index contributed by atoms with van der Waals surface area (Å²) in [6, 6.07) is 46.4. The summed E-state index contributed by atoms with van der Waals surface area (Å²) < 4.78 is 0. The number of allylic oxidation sites excluding steroid dienone is 14. The average molecular weight is 731 g/mol. The maximum Gasteiger partial charge on any atom is 0.160 e. The summed E-state index contributed by atoms with van der Waals surface area (Å²) in [7, 11) is 0. The molecule has 4 atom stereocenters. The Morgan fingerprint density at radius 3 is 1.79 bits per heavy atom. The van der Waals surface area contributed by atoms with Crippen molar-refractivity contribution in [3.8, 4) is 45.0 Å². The van der Waals surface area contributed by atoms with Crippen LogP contribution in [-0.2, 0) is 6.42 Å². The zero-order valence-electron chi connectivity index (χ0n) is 31.8. The van der Waals surface area contributed by atoms with E-state index in [-0.39, 0.29) is 0 Å². The third-order valence-corrected chi connectivity index (χ3v) is 12.6. The van der Waals surface area contributed by atoms with Crippen LogP contribution in [-0.4, -0.2) is 9.97 Å². The van der Waals surface area contributed by atoms with Gasteiger partial charge in [-0.3, -0.25) is 0 Å². The maximum absolute atomic E-state index is 5.24. The summed E-state index contributed by atoms with van der Waals surface area (Å²) in [5.41, 5.74) is 18.8. The van der Waals surface area contributed by atoms with Gasteiger partial charge in [0.25, 0.3) is 0 Å². The van der Waals surface area contributed by atoms with Gasteiger partial charge in [0.05, 0.1) is 11.4 Å². The van der Waals surface area contributed by atoms with Gasteiger partial charge in [-0.15, -0.1) is 0 Å². The van der Waals surface area contributed by atoms with Crippen LogP contribution in [0.1, 0.15) is 52.5 Å². The summed E-state index contributed by atoms with van der Waals surface area (Å²) in [5.74, 6) is 2.35. The smallest absolute Gasteiger partial charge is 0.160 e. The van der Waals surface area contributed by atoms with Crippen LogP contribution in [0.2, 0.25) is 0 Å². The van der Waals surface area contributed by atoms with E-state index in [0.717, 1.165) is 53.2 Å². The Morgan fingerprint density at radius 2 is 1.11 bits per heavy atom. The lowest BCUT2D eigenvalue weighted by Crippen LogP contribution is -2.20. The fourth-order valence-corrected chi connectivity index (χ4v) is 9.47. The molecule has 2 heteroatoms. The molecule has 6 aromatic rings. The van der Waals surface area contributed by atoms with E-state index < -0.39 is 0 Å². The average Bonchev–Trinajstić information content (AvgIpc) is 3.66. The molecule has 0 fully saturated rings. The molecule has 5 aromatic carbocycles. The van der Waals surface area contributed by atoms with Crippen molar-refractivity contribution in [1.82, 2.24) is 9.97 Å². The predicted octanol–water partition coefficient (Wildman–Crippen LogP) is 13.6. The highest BCUT2D eigenvalue weighted by atomic mass is 14.9. The SMILES string of the molecule is C1=CCC(c2ccc(-c3nc(-c4ccc(C5=CC6=C(Cc7cccc(C8C=CC8)c76)C6C=CC=CC56)cc4)cc(-c4ccc(-c5ccccc5)cc4)n3)cc2)C=C1. The molecular formula is C55H42N2. The second-order valence-corrected chi connectivity index (χ2v) is 15.9. The highest BCUT2D eigenvalue weighted by Crippen LogP contribution is 2.52. The second-order valence-electron chi connectivity index (χ2n) is 15.9. The van der Waals surface area contributed by atoms with Gasteiger partial charge in [0, 0.05) is 40.4 Å². The van der Waals surface area contributed by atoms with E-state index >= 15 is 0 Å². The van der Waals surface area contributed by atoms with Crippen molar-refractivity contribution in [2.45, 2.75) is 31.1 Å². The summed E-state index contributed by atoms with van der Waals surface area (Å²) in [6.45, 7) is 0. The largest absolute Gasteiger partial charge is 0.228 e. The van der Waals surface area contributed by atoms with Crippen LogP contribution in [0.5, 0.6) is 0 Å². The molecule has 5 aliphatic rings. The van der Waals surface area contributed by atoms with Gasteiger partial charge in [0.2, 0.25) is 0 Å². The Bertz CT molecular complexity index is 2740. The molecule has 0 saturated carbocycles. The van der Waals surface area contributed by atoms with Crippen molar-refractivity contribution in [3.05, 3.63) is 228 Å². The van der Waals surface area contributed by atoms with E-state index in [2.05, 4.69) is 194 Å². The number of fused-ring (bicyclic) bond motifs is 4. The molecule has 5 aliphatic carbocycles. The van der Waals surface area contributed by atoms with Crippen LogP contribution in [0, 0.1) is 11.8 Å². The number of nitrogens with zero attached hydrogens (tertiary/aromatic N) is 2. The predicted molar refractivity (Wildman–Crippen MR) is 236 cm³/mol. The van der Waals surface area contributed by atoms with Crippen LogP contribution in [0.25, 0.3) is 56.2 Å². The zero-order valence-corrected chi connectivity index (χ0v) is 31.8. The van der Waals surface area contributed by atoms with Crippen molar-refractivity contribution in [2.24, 2.45) is 11.8 Å². The zero-order chi connectivity index (χ0) is 37.7. The lowest BCUT2D eigenvalue weighted by molar-refractivity contribution is 0.633. The standard InChI is InChI=1S/C55H42N2/c1-3-11-36(12-4-1)38-21-27-42(28-22-38)52-35-53(57-55(56-52)44-31-23-39(24-32-44)37-13-5-2-6-14-37)43-29-25-41(26-30-43)49-34-51-50(48-19-8-7-18-47(48)49)33-45-17-10-20-46(54(45)51)40-15-9-16-40/h1-13,15,17-32,34-35,37,40,47-48H,14,16,33H2. The second kappa shape index (κ2) is 14.1. The Kier molecular flexibility index (Phi) is 8.35. The van der Waals surface area contributed by atoms with Crippen LogP contribution in [0.3, 0.4) is 0 Å². The molecule has 0 spiro atoms. The summed E-state index contributed by atoms with van der Waals surface area (Å²) in [5, 5.41) is 0. The van der Waals surface area contributed by atoms with E-state index in [0.29, 0.717) is 23.7 Å². The van der Waals surface area contributed by atoms with Gasteiger partial charge in [-0.2, -0.15) is 0 Å². The van der Waals surface area contributed by atoms with Gasteiger partial charge in [0.15, 0.2) is 5.82 Å². The van der Waals surface area contributed by atoms with Crippen molar-refractivity contribution in [1.29, 1.82) is 0 Å². The number of hydrogen-bond donors (Lipinski definition) is 0. The molecular weight excluding hydrogens is 689 g/mol. The van der Waals surface area contributed by atoms with Crippen LogP contribution < -0.4 is 0 Å². The van der Waals surface area contributed by atoms with Gasteiger partial charge in [-0.1, -0.05) is 188 Å². The quantitative estimate of drug-likeness (QED) is 0.153. The first-order valence-electron chi connectivity index (χ1n) is 20.4. The Balaban J connectivity index is 0.969. The highest BCUT2D eigenvalue weighted by Gasteiger charge is 2.37. The molecule has 0 amide bonds. The van der Waals surface area contributed by atoms with E-state index in [9.17, 15) is 0 Å². The molecule has 0 bridgehead atoms. The van der Waals surface area contributed by atoms with Gasteiger partial charge in [0.1, 0.15) is 0 Å². The lowest BCUT2D eigenvalue weighted by atomic mass is 9.70. The Morgan fingerprint density at radius 1 is 0.474 bits per heavy atom. The molecule has 1 heterocycles. The fourth-order valence-electron chi connectivity index (χ4n) is 9.47. The molecule has 2 nitrogen and oxygen atoms in total. The van der Waals surface area contributed by atoms with Gasteiger partial charge in [-0.05, 0) is 81.5 Å². The summed E-state index contributed by atoms with van der Waals surface area (Å²) in [6.07, 6.45) is 28.5. The molecule has 0 saturated heterocycles. The van der Waals surface area contributed by atoms with E-state index in [1.54, 1.807) is 5.57 Å².